The van der Waals surface area contributed by atoms with Gasteiger partial charge in [-0.15, -0.1) is 0 Å². The molecule has 1 radical (unpaired) electrons. The molecule has 2 amide bonds. The van der Waals surface area contributed by atoms with Crippen LogP contribution in [0.5, 0.6) is 0 Å². The van der Waals surface area contributed by atoms with Crippen molar-refractivity contribution in [1.29, 1.82) is 0 Å². The van der Waals surface area contributed by atoms with Gasteiger partial charge in [0.25, 0.3) is 0 Å². The maximum absolute atomic E-state index is 8.47. The van der Waals surface area contributed by atoms with Crippen molar-refractivity contribution >= 4 is 12.8 Å². The van der Waals surface area contributed by atoms with Crippen LogP contribution in [0.25, 0.3) is 11.5 Å². The van der Waals surface area contributed by atoms with E-state index in [9.17, 15) is 0 Å². The van der Waals surface area contributed by atoms with Crippen molar-refractivity contribution in [3.8, 4) is 0 Å². The minimum absolute atomic E-state index is 0. The van der Waals surface area contributed by atoms with Crippen LogP contribution in [0.1, 0.15) is 0 Å². The van der Waals surface area contributed by atoms with Gasteiger partial charge in [-0.05, 0) is 0 Å². The first-order valence-electron chi connectivity index (χ1n) is 1.05. The van der Waals surface area contributed by atoms with E-state index in [2.05, 4.69) is 0 Å². The number of amides is 2. The monoisotopic (exact) mass is 181 g/mol. The van der Waals surface area contributed by atoms with Gasteiger partial charge in [-0.2, -0.15) is 0 Å². The fraction of sp³-hybridized carbons (Fsp3) is 0. The molecule has 7 heavy (non-hydrogen) atoms. The van der Waals surface area contributed by atoms with Crippen molar-refractivity contribution in [2.24, 2.45) is 0 Å². The average Bonchev–Trinajstić information content (AvgIpc) is 1.39. The van der Waals surface area contributed by atoms with E-state index in [4.69, 9.17) is 21.1 Å². The topological polar surface area (TPSA) is 81.7 Å². The largest absolute Gasteiger partial charge is 2.00 e. The van der Waals surface area contributed by atoms with Crippen molar-refractivity contribution in [2.45, 2.75) is 0 Å². The van der Waals surface area contributed by atoms with Gasteiger partial charge in [-0.25, -0.2) is 0 Å². The normalized spacial score (nSPS) is 3.43. The van der Waals surface area contributed by atoms with Crippen molar-refractivity contribution in [1.82, 2.24) is 0 Å². The zero-order valence-corrected chi connectivity index (χ0v) is 5.62. The maximum Gasteiger partial charge on any atom is 2.00 e. The first-order chi connectivity index (χ1) is 2.83. The van der Waals surface area contributed by atoms with Crippen LogP contribution in [0.4, 0.5) is 0 Å². The van der Waals surface area contributed by atoms with Gasteiger partial charge < -0.3 is 21.1 Å². The third-order valence-corrected chi connectivity index (χ3v) is 0. The molecule has 0 atom stereocenters. The first-order valence-corrected chi connectivity index (χ1v) is 1.05. The Bertz CT molecular complexity index is 34.7. The third-order valence-electron chi connectivity index (χ3n) is 0. The van der Waals surface area contributed by atoms with E-state index in [1.165, 1.54) is 0 Å². The first kappa shape index (κ1) is 15.9. The molecule has 2 N–H and O–H groups in total. The maximum atomic E-state index is 8.47. The molecule has 4 nitrogen and oxygen atoms in total. The summed E-state index contributed by atoms with van der Waals surface area (Å²) in [6, 6.07) is 0. The second-order valence-corrected chi connectivity index (χ2v) is 0.236. The van der Waals surface area contributed by atoms with Crippen molar-refractivity contribution in [3.63, 3.8) is 0 Å². The molecule has 0 aliphatic rings. The molecular weight excluding hydrogens is 177 g/mol. The molecule has 0 unspecified atom stereocenters. The summed E-state index contributed by atoms with van der Waals surface area (Å²) in [6.45, 7) is 0. The molecule has 5 heteroatoms. The standard InChI is InChI=1S/2CH3NO.Nb/c2*2-1-3;/h2*1H,(H2,2,3);/q;;+2/p-2. The van der Waals surface area contributed by atoms with Gasteiger partial charge in [0.2, 0.25) is 0 Å². The SMILES string of the molecule is [NH-]C=O.[NH-]C=O.[Nb+2]. The molecule has 0 aromatic heterocycles. The van der Waals surface area contributed by atoms with Gasteiger partial charge in [0, 0.05) is 12.8 Å². The summed E-state index contributed by atoms with van der Waals surface area (Å²) >= 11 is 0. The third kappa shape index (κ3) is 753. The molecule has 0 rings (SSSR count). The predicted octanol–water partition coefficient (Wildman–Crippen LogP) is 0.388. The Morgan fingerprint density at radius 3 is 1.00 bits per heavy atom. The number of hydrogen-bond acceptors (Lipinski definition) is 2. The second-order valence-electron chi connectivity index (χ2n) is 0.236. The van der Waals surface area contributed by atoms with Crippen LogP contribution in [0.15, 0.2) is 0 Å². The van der Waals surface area contributed by atoms with Crippen LogP contribution in [-0.4, -0.2) is 12.8 Å². The Kier molecular flexibility index (Phi) is 100. The van der Waals surface area contributed by atoms with Crippen LogP contribution < -0.4 is 0 Å². The number of nitrogens with one attached hydrogen (secondary N) is 2. The van der Waals surface area contributed by atoms with E-state index in [1.54, 1.807) is 0 Å². The molecule has 0 aliphatic carbocycles. The number of carbonyl (C=O) groups excluding carboxylic acids is 2. The Balaban J connectivity index is -0.0000000400. The van der Waals surface area contributed by atoms with Crippen molar-refractivity contribution < 1.29 is 32.0 Å². The molecular formula is C2H4N2NbO2. The molecule has 0 aliphatic heterocycles. The molecule has 0 saturated carbocycles. The van der Waals surface area contributed by atoms with Crippen LogP contribution in [0.3, 0.4) is 0 Å². The molecule has 0 aromatic rings. The fourth-order valence-electron chi connectivity index (χ4n) is 0. The van der Waals surface area contributed by atoms with Crippen molar-refractivity contribution in [2.75, 3.05) is 0 Å². The molecule has 39 valence electrons. The van der Waals surface area contributed by atoms with Crippen LogP contribution in [0, 0.1) is 0 Å². The van der Waals surface area contributed by atoms with Gasteiger partial charge in [0.1, 0.15) is 0 Å². The van der Waals surface area contributed by atoms with Gasteiger partial charge in [0.05, 0.1) is 0 Å². The zero-order chi connectivity index (χ0) is 5.41. The summed E-state index contributed by atoms with van der Waals surface area (Å²) in [5, 5.41) is 0. The smallest absolute Gasteiger partial charge is 0.671 e. The quantitative estimate of drug-likeness (QED) is 0.399. The second kappa shape index (κ2) is 44.1. The van der Waals surface area contributed by atoms with Gasteiger partial charge in [-0.1, -0.05) is 0 Å². The Hall–Kier alpha value is -0.320. The Morgan fingerprint density at radius 1 is 1.00 bits per heavy atom. The van der Waals surface area contributed by atoms with Crippen LogP contribution >= 0.6 is 0 Å². The molecule has 0 spiro atoms. The van der Waals surface area contributed by atoms with E-state index in [-0.39, 0.29) is 35.2 Å². The summed E-state index contributed by atoms with van der Waals surface area (Å²) in [5.74, 6) is 0. The molecule has 0 bridgehead atoms. The van der Waals surface area contributed by atoms with E-state index >= 15 is 0 Å². The van der Waals surface area contributed by atoms with Crippen LogP contribution in [-0.2, 0) is 32.0 Å². The van der Waals surface area contributed by atoms with E-state index < -0.39 is 0 Å². The van der Waals surface area contributed by atoms with Gasteiger partial charge in [0.15, 0.2) is 0 Å². The van der Waals surface area contributed by atoms with E-state index in [0.29, 0.717) is 0 Å². The Morgan fingerprint density at radius 2 is 1.00 bits per heavy atom. The van der Waals surface area contributed by atoms with Gasteiger partial charge in [-0.3, -0.25) is 0 Å². The minimum Gasteiger partial charge on any atom is -0.671 e. The minimum atomic E-state index is 0. The zero-order valence-electron chi connectivity index (χ0n) is 3.42. The number of hydrogen-bond donors (Lipinski definition) is 0. The number of rotatable bonds is 0. The summed E-state index contributed by atoms with van der Waals surface area (Å²) in [5.41, 5.74) is 11.1. The van der Waals surface area contributed by atoms with E-state index in [0.717, 1.165) is 0 Å². The Labute approximate surface area is 56.7 Å². The molecule has 0 heterocycles. The fourth-order valence-corrected chi connectivity index (χ4v) is 0. The summed E-state index contributed by atoms with van der Waals surface area (Å²) in [4.78, 5) is 16.9. The summed E-state index contributed by atoms with van der Waals surface area (Å²) < 4.78 is 0. The van der Waals surface area contributed by atoms with Gasteiger partial charge >= 0.3 is 22.4 Å². The average molecular weight is 181 g/mol. The van der Waals surface area contributed by atoms with Crippen molar-refractivity contribution in [3.05, 3.63) is 11.5 Å². The summed E-state index contributed by atoms with van der Waals surface area (Å²) in [6.07, 6.45) is 0. The summed E-state index contributed by atoms with van der Waals surface area (Å²) in [7, 11) is 0. The predicted molar refractivity (Wildman–Crippen MR) is 20.8 cm³/mol. The number of carbonyl (C=O) groups is 2. The van der Waals surface area contributed by atoms with Crippen LogP contribution in [0.2, 0.25) is 0 Å². The van der Waals surface area contributed by atoms with E-state index in [1.807, 2.05) is 0 Å². The molecule has 0 fully saturated rings. The molecule has 0 saturated heterocycles. The molecule has 0 aromatic carbocycles.